The summed E-state index contributed by atoms with van der Waals surface area (Å²) in [6.07, 6.45) is 0.789. The number of ether oxygens (including phenoxy) is 1. The van der Waals surface area contributed by atoms with Crippen LogP contribution in [0.15, 0.2) is 0 Å². The van der Waals surface area contributed by atoms with Gasteiger partial charge in [-0.1, -0.05) is 13.8 Å². The Morgan fingerprint density at radius 3 is 2.24 bits per heavy atom. The summed E-state index contributed by atoms with van der Waals surface area (Å²) in [7, 11) is 0.219. The molecule has 1 heterocycles. The molecule has 0 bridgehead atoms. The number of thioether (sulfide) groups is 2. The van der Waals surface area contributed by atoms with Crippen LogP contribution in [0.2, 0.25) is 0 Å². The Bertz CT molecular complexity index is 387. The van der Waals surface area contributed by atoms with Crippen molar-refractivity contribution in [3.8, 4) is 0 Å². The van der Waals surface area contributed by atoms with Gasteiger partial charge in [-0.3, -0.25) is 0 Å². The fourth-order valence-electron chi connectivity index (χ4n) is 2.09. The Labute approximate surface area is 139 Å². The average molecular weight is 354 g/mol. The van der Waals surface area contributed by atoms with Gasteiger partial charge in [0.25, 0.3) is 0 Å². The Kier molecular flexibility index (Phi) is 7.09. The van der Waals surface area contributed by atoms with Gasteiger partial charge in [0.2, 0.25) is 0 Å². The average Bonchev–Trinajstić information content (AvgIpc) is 2.85. The molecule has 1 aliphatic rings. The maximum atomic E-state index is 12.5. The summed E-state index contributed by atoms with van der Waals surface area (Å²) in [5.41, 5.74) is 0. The van der Waals surface area contributed by atoms with Crippen molar-refractivity contribution in [1.29, 1.82) is 0 Å². The van der Waals surface area contributed by atoms with Crippen molar-refractivity contribution in [2.45, 2.75) is 55.9 Å². The van der Waals surface area contributed by atoms with Gasteiger partial charge >= 0.3 is 5.97 Å². The van der Waals surface area contributed by atoms with Crippen molar-refractivity contribution in [1.82, 2.24) is 4.72 Å². The van der Waals surface area contributed by atoms with Crippen LogP contribution in [0.25, 0.3) is 0 Å². The molecule has 1 saturated heterocycles. The molecule has 4 nitrogen and oxygen atoms in total. The van der Waals surface area contributed by atoms with Gasteiger partial charge in [0.1, 0.15) is 0 Å². The number of esters is 1. The fraction of sp³-hybridized carbons (Fsp3) is 0.929. The molecule has 1 fully saturated rings. The van der Waals surface area contributed by atoms with Crippen LogP contribution in [0.5, 0.6) is 0 Å². The monoisotopic (exact) mass is 353 g/mol. The third-order valence-electron chi connectivity index (χ3n) is 3.16. The van der Waals surface area contributed by atoms with Crippen LogP contribution < -0.4 is 4.72 Å². The molecule has 0 radical (unpaired) electrons. The number of hydrogen-bond donors (Lipinski definition) is 1. The van der Waals surface area contributed by atoms with E-state index in [0.717, 1.165) is 17.9 Å². The standard InChI is InChI=1S/C14H27NO3S3/c1-10(2)9-11(15-21(17)13(3,4)5)14(12(16)18-6)19-7-8-20-14/h10-11,15H,7-9H2,1-6H3/t11-,21?/m0/s1. The lowest BCUT2D eigenvalue weighted by Crippen LogP contribution is -2.54. The van der Waals surface area contributed by atoms with Crippen LogP contribution in [0.3, 0.4) is 0 Å². The molecule has 21 heavy (non-hydrogen) atoms. The summed E-state index contributed by atoms with van der Waals surface area (Å²) in [6.45, 7) is 10.0. The molecule has 0 aliphatic carbocycles. The highest BCUT2D eigenvalue weighted by atomic mass is 32.2. The van der Waals surface area contributed by atoms with E-state index < -0.39 is 15.1 Å². The molecule has 0 saturated carbocycles. The van der Waals surface area contributed by atoms with Crippen molar-refractivity contribution in [2.24, 2.45) is 5.92 Å². The second kappa shape index (κ2) is 7.70. The van der Waals surface area contributed by atoms with E-state index in [1.165, 1.54) is 7.11 Å². The summed E-state index contributed by atoms with van der Waals surface area (Å²) in [5.74, 6) is 2.01. The molecule has 0 spiro atoms. The molecule has 7 heteroatoms. The SMILES string of the molecule is COC(=O)C1([C@H](CC(C)C)NS(=O)C(C)(C)C)SCCS1. The van der Waals surface area contributed by atoms with E-state index in [1.54, 1.807) is 23.5 Å². The Morgan fingerprint density at radius 2 is 1.86 bits per heavy atom. The van der Waals surface area contributed by atoms with E-state index in [9.17, 15) is 9.00 Å². The van der Waals surface area contributed by atoms with Gasteiger partial charge in [-0.2, -0.15) is 0 Å². The van der Waals surface area contributed by atoms with Crippen LogP contribution in [0, 0.1) is 5.92 Å². The molecular formula is C14H27NO3S3. The molecule has 1 aliphatic heterocycles. The van der Waals surface area contributed by atoms with Gasteiger partial charge in [-0.25, -0.2) is 13.7 Å². The van der Waals surface area contributed by atoms with E-state index in [2.05, 4.69) is 18.6 Å². The summed E-state index contributed by atoms with van der Waals surface area (Å²) in [5, 5.41) is 0. The summed E-state index contributed by atoms with van der Waals surface area (Å²) >= 11 is 3.23. The van der Waals surface area contributed by atoms with Crippen molar-refractivity contribution in [3.63, 3.8) is 0 Å². The maximum absolute atomic E-state index is 12.5. The second-order valence-electron chi connectivity index (χ2n) is 6.54. The first kappa shape index (κ1) is 19.3. The lowest BCUT2D eigenvalue weighted by Gasteiger charge is -2.36. The van der Waals surface area contributed by atoms with Crippen LogP contribution in [0.1, 0.15) is 41.0 Å². The third kappa shape index (κ3) is 4.88. The van der Waals surface area contributed by atoms with Crippen molar-refractivity contribution in [3.05, 3.63) is 0 Å². The molecular weight excluding hydrogens is 326 g/mol. The molecule has 1 unspecified atom stereocenters. The van der Waals surface area contributed by atoms with Crippen LogP contribution in [-0.2, 0) is 20.5 Å². The highest BCUT2D eigenvalue weighted by molar-refractivity contribution is 8.22. The van der Waals surface area contributed by atoms with Crippen molar-refractivity contribution >= 4 is 40.5 Å². The van der Waals surface area contributed by atoms with Gasteiger partial charge in [0.15, 0.2) is 4.08 Å². The van der Waals surface area contributed by atoms with E-state index in [0.29, 0.717) is 5.92 Å². The minimum absolute atomic E-state index is 0.164. The Hall–Kier alpha value is 0.280. The molecule has 0 amide bonds. The Morgan fingerprint density at radius 1 is 1.33 bits per heavy atom. The van der Waals surface area contributed by atoms with Gasteiger partial charge in [-0.15, -0.1) is 23.5 Å². The number of carbonyl (C=O) groups is 1. The third-order valence-corrected chi connectivity index (χ3v) is 8.31. The van der Waals surface area contributed by atoms with E-state index in [-0.39, 0.29) is 16.8 Å². The highest BCUT2D eigenvalue weighted by Gasteiger charge is 2.51. The normalized spacial score (nSPS) is 21.3. The fourth-order valence-corrected chi connectivity index (χ4v) is 6.35. The number of nitrogens with one attached hydrogen (secondary N) is 1. The minimum Gasteiger partial charge on any atom is -0.467 e. The Balaban J connectivity index is 3.04. The first-order chi connectivity index (χ1) is 9.63. The molecule has 1 N–H and O–H groups in total. The predicted molar refractivity (Wildman–Crippen MR) is 93.9 cm³/mol. The number of methoxy groups -OCH3 is 1. The molecule has 0 aromatic carbocycles. The van der Waals surface area contributed by atoms with Gasteiger partial charge in [0.05, 0.1) is 28.9 Å². The zero-order valence-corrected chi connectivity index (χ0v) is 16.2. The minimum atomic E-state index is -1.21. The van der Waals surface area contributed by atoms with Gasteiger partial charge < -0.3 is 4.74 Å². The first-order valence-electron chi connectivity index (χ1n) is 7.18. The summed E-state index contributed by atoms with van der Waals surface area (Å²) in [6, 6.07) is -0.164. The highest BCUT2D eigenvalue weighted by Crippen LogP contribution is 2.48. The zero-order chi connectivity index (χ0) is 16.3. The van der Waals surface area contributed by atoms with Crippen LogP contribution in [0.4, 0.5) is 0 Å². The number of hydrogen-bond acceptors (Lipinski definition) is 5. The molecule has 0 aromatic heterocycles. The first-order valence-corrected chi connectivity index (χ1v) is 10.3. The van der Waals surface area contributed by atoms with E-state index in [1.807, 2.05) is 20.8 Å². The molecule has 2 atom stereocenters. The number of rotatable bonds is 6. The lowest BCUT2D eigenvalue weighted by molar-refractivity contribution is -0.141. The van der Waals surface area contributed by atoms with Crippen molar-refractivity contribution in [2.75, 3.05) is 18.6 Å². The smallest absolute Gasteiger partial charge is 0.333 e. The zero-order valence-electron chi connectivity index (χ0n) is 13.7. The van der Waals surface area contributed by atoms with Gasteiger partial charge in [0, 0.05) is 11.5 Å². The van der Waals surface area contributed by atoms with E-state index in [4.69, 9.17) is 4.74 Å². The molecule has 1 rings (SSSR count). The second-order valence-corrected chi connectivity index (χ2v) is 11.5. The summed E-state index contributed by atoms with van der Waals surface area (Å²) in [4.78, 5) is 12.4. The largest absolute Gasteiger partial charge is 0.467 e. The molecule has 0 aromatic rings. The van der Waals surface area contributed by atoms with Crippen molar-refractivity contribution < 1.29 is 13.7 Å². The topological polar surface area (TPSA) is 55.4 Å². The summed E-state index contributed by atoms with van der Waals surface area (Å²) < 4.78 is 19.7. The quantitative estimate of drug-likeness (QED) is 0.744. The predicted octanol–water partition coefficient (Wildman–Crippen LogP) is 2.80. The van der Waals surface area contributed by atoms with Crippen LogP contribution >= 0.6 is 23.5 Å². The lowest BCUT2D eigenvalue weighted by atomic mass is 10.0. The maximum Gasteiger partial charge on any atom is 0.333 e. The van der Waals surface area contributed by atoms with Crippen LogP contribution in [-0.4, -0.2) is 43.7 Å². The van der Waals surface area contributed by atoms with Gasteiger partial charge in [-0.05, 0) is 33.1 Å². The molecule has 124 valence electrons. The number of carbonyl (C=O) groups excluding carboxylic acids is 1. The van der Waals surface area contributed by atoms with E-state index >= 15 is 0 Å².